The zero-order chi connectivity index (χ0) is 23.2. The molecule has 3 aliphatic heterocycles. The third-order valence-electron chi connectivity index (χ3n) is 6.11. The summed E-state index contributed by atoms with van der Waals surface area (Å²) in [7, 11) is 0. The highest BCUT2D eigenvalue weighted by Gasteiger charge is 2.35. The molecule has 0 N–H and O–H groups in total. The minimum atomic E-state index is -0.138. The van der Waals surface area contributed by atoms with Crippen molar-refractivity contribution in [2.45, 2.75) is 26.6 Å². The summed E-state index contributed by atoms with van der Waals surface area (Å²) in [4.78, 5) is 19.8. The van der Waals surface area contributed by atoms with E-state index >= 15 is 0 Å². The Morgan fingerprint density at radius 1 is 1.21 bits per heavy atom. The highest BCUT2D eigenvalue weighted by Crippen LogP contribution is 2.45. The van der Waals surface area contributed by atoms with Gasteiger partial charge in [-0.05, 0) is 48.4 Å². The van der Waals surface area contributed by atoms with Crippen molar-refractivity contribution in [2.24, 2.45) is 0 Å². The number of ketones is 1. The monoisotopic (exact) mass is 520 g/mol. The molecule has 34 heavy (non-hydrogen) atoms. The minimum absolute atomic E-state index is 0.138. The van der Waals surface area contributed by atoms with E-state index < -0.39 is 0 Å². The number of allylic oxidation sites excluding steroid dienone is 1. The SMILES string of the molecule is Cc1cc2c(c3c1C(=O)/C(=C/c1cc(Br)cc4c1OCOC4)O3)CN(Cc1cccnc1)CO2. The molecule has 0 spiro atoms. The van der Waals surface area contributed by atoms with E-state index in [9.17, 15) is 4.79 Å². The van der Waals surface area contributed by atoms with Crippen LogP contribution in [0.4, 0.5) is 0 Å². The van der Waals surface area contributed by atoms with Crippen molar-refractivity contribution in [2.75, 3.05) is 13.5 Å². The van der Waals surface area contributed by atoms with Crippen LogP contribution in [0.2, 0.25) is 0 Å². The molecule has 4 heterocycles. The summed E-state index contributed by atoms with van der Waals surface area (Å²) in [6.45, 7) is 4.31. The van der Waals surface area contributed by atoms with E-state index in [1.807, 2.05) is 43.5 Å². The van der Waals surface area contributed by atoms with Crippen molar-refractivity contribution >= 4 is 27.8 Å². The summed E-state index contributed by atoms with van der Waals surface area (Å²) in [5.41, 5.74) is 5.09. The Kier molecular flexibility index (Phi) is 5.36. The molecule has 0 saturated heterocycles. The first-order valence-electron chi connectivity index (χ1n) is 10.9. The van der Waals surface area contributed by atoms with Crippen molar-refractivity contribution in [3.05, 3.63) is 86.3 Å². The van der Waals surface area contributed by atoms with Crippen LogP contribution in [-0.4, -0.2) is 29.2 Å². The second kappa shape index (κ2) is 8.54. The fourth-order valence-electron chi connectivity index (χ4n) is 4.58. The molecule has 0 bridgehead atoms. The number of aromatic nitrogens is 1. The molecule has 7 nitrogen and oxygen atoms in total. The molecular weight excluding hydrogens is 500 g/mol. The van der Waals surface area contributed by atoms with E-state index in [-0.39, 0.29) is 18.3 Å². The number of carbonyl (C=O) groups excluding carboxylic acids is 1. The van der Waals surface area contributed by atoms with Gasteiger partial charge >= 0.3 is 0 Å². The van der Waals surface area contributed by atoms with Crippen molar-refractivity contribution < 1.29 is 23.7 Å². The standard InChI is InChI=1S/C26H21BrN2O5/c1-15-5-21-20(11-29(13-32-21)10-16-3-2-4-28-9-16)26-23(15)24(30)22(34-26)8-17-6-19(27)7-18-12-31-14-33-25(17)18/h2-9H,10-14H2,1H3/b22-8-. The summed E-state index contributed by atoms with van der Waals surface area (Å²) in [6.07, 6.45) is 5.36. The molecule has 3 aliphatic rings. The lowest BCUT2D eigenvalue weighted by Crippen LogP contribution is -2.31. The van der Waals surface area contributed by atoms with Gasteiger partial charge in [0.15, 0.2) is 12.6 Å². The van der Waals surface area contributed by atoms with Crippen LogP contribution in [-0.2, 0) is 24.4 Å². The fraction of sp³-hybridized carbons (Fsp3) is 0.231. The molecule has 1 aromatic heterocycles. The smallest absolute Gasteiger partial charge is 0.232 e. The first-order chi connectivity index (χ1) is 16.6. The van der Waals surface area contributed by atoms with Crippen LogP contribution in [0, 0.1) is 6.92 Å². The van der Waals surface area contributed by atoms with Gasteiger partial charge in [-0.25, -0.2) is 0 Å². The molecule has 0 saturated carbocycles. The Balaban J connectivity index is 1.35. The average molecular weight is 521 g/mol. The van der Waals surface area contributed by atoms with Crippen LogP contribution in [0.25, 0.3) is 6.08 Å². The van der Waals surface area contributed by atoms with Crippen molar-refractivity contribution in [3.63, 3.8) is 0 Å². The van der Waals surface area contributed by atoms with Gasteiger partial charge < -0.3 is 18.9 Å². The van der Waals surface area contributed by atoms with E-state index in [0.717, 1.165) is 38.0 Å². The first kappa shape index (κ1) is 21.3. The van der Waals surface area contributed by atoms with Crippen molar-refractivity contribution in [3.8, 4) is 17.2 Å². The third-order valence-corrected chi connectivity index (χ3v) is 6.56. The second-order valence-corrected chi connectivity index (χ2v) is 9.45. The summed E-state index contributed by atoms with van der Waals surface area (Å²) < 4.78 is 24.3. The molecule has 0 atom stereocenters. The van der Waals surface area contributed by atoms with E-state index in [1.165, 1.54) is 0 Å². The quantitative estimate of drug-likeness (QED) is 0.450. The number of hydrogen-bond donors (Lipinski definition) is 0. The molecule has 0 unspecified atom stereocenters. The maximum Gasteiger partial charge on any atom is 0.232 e. The molecule has 0 aliphatic carbocycles. The highest BCUT2D eigenvalue weighted by molar-refractivity contribution is 9.10. The number of fused-ring (bicyclic) bond motifs is 4. The number of Topliss-reactive ketones (excluding diaryl/α,β-unsaturated/α-hetero) is 1. The zero-order valence-corrected chi connectivity index (χ0v) is 20.1. The van der Waals surface area contributed by atoms with Crippen LogP contribution in [0.1, 0.15) is 38.2 Å². The predicted molar refractivity (Wildman–Crippen MR) is 128 cm³/mol. The van der Waals surface area contributed by atoms with Gasteiger partial charge in [-0.1, -0.05) is 22.0 Å². The molecule has 0 fully saturated rings. The van der Waals surface area contributed by atoms with Crippen LogP contribution >= 0.6 is 15.9 Å². The molecule has 3 aromatic rings. The van der Waals surface area contributed by atoms with Gasteiger partial charge in [0.2, 0.25) is 5.78 Å². The summed E-state index contributed by atoms with van der Waals surface area (Å²) in [6, 6.07) is 9.76. The number of benzene rings is 2. The zero-order valence-electron chi connectivity index (χ0n) is 18.5. The Morgan fingerprint density at radius 3 is 2.97 bits per heavy atom. The molecular formula is C26H21BrN2O5. The van der Waals surface area contributed by atoms with Crippen molar-refractivity contribution in [1.82, 2.24) is 9.88 Å². The molecule has 8 heteroatoms. The Hall–Kier alpha value is -3.20. The normalized spacial score (nSPS) is 17.9. The highest BCUT2D eigenvalue weighted by atomic mass is 79.9. The molecule has 2 aromatic carbocycles. The first-order valence-corrected chi connectivity index (χ1v) is 11.7. The minimum Gasteiger partial charge on any atom is -0.478 e. The van der Waals surface area contributed by atoms with Gasteiger partial charge in [0.1, 0.15) is 24.0 Å². The predicted octanol–water partition coefficient (Wildman–Crippen LogP) is 4.99. The van der Waals surface area contributed by atoms with Gasteiger partial charge in [0, 0.05) is 41.1 Å². The van der Waals surface area contributed by atoms with Crippen LogP contribution < -0.4 is 14.2 Å². The number of pyridine rings is 1. The number of hydrogen-bond acceptors (Lipinski definition) is 7. The van der Waals surface area contributed by atoms with Gasteiger partial charge in [-0.2, -0.15) is 0 Å². The van der Waals surface area contributed by atoms with Crippen LogP contribution in [0.15, 0.2) is 53.0 Å². The van der Waals surface area contributed by atoms with E-state index in [1.54, 1.807) is 12.3 Å². The lowest BCUT2D eigenvalue weighted by Gasteiger charge is -2.30. The number of nitrogens with zero attached hydrogens (tertiary/aromatic N) is 2. The van der Waals surface area contributed by atoms with Gasteiger partial charge in [0.05, 0.1) is 17.7 Å². The van der Waals surface area contributed by atoms with Crippen LogP contribution in [0.3, 0.4) is 0 Å². The van der Waals surface area contributed by atoms with E-state index in [4.69, 9.17) is 18.9 Å². The van der Waals surface area contributed by atoms with Crippen LogP contribution in [0.5, 0.6) is 17.2 Å². The number of halogens is 1. The lowest BCUT2D eigenvalue weighted by atomic mass is 9.98. The molecule has 0 amide bonds. The maximum atomic E-state index is 13.4. The number of rotatable bonds is 3. The van der Waals surface area contributed by atoms with E-state index in [0.29, 0.717) is 43.5 Å². The van der Waals surface area contributed by atoms with Crippen molar-refractivity contribution in [1.29, 1.82) is 0 Å². The van der Waals surface area contributed by atoms with E-state index in [2.05, 4.69) is 25.8 Å². The maximum absolute atomic E-state index is 13.4. The molecule has 0 radical (unpaired) electrons. The topological polar surface area (TPSA) is 70.1 Å². The number of carbonyl (C=O) groups is 1. The molecule has 6 rings (SSSR count). The lowest BCUT2D eigenvalue weighted by molar-refractivity contribution is -0.0165. The summed E-state index contributed by atoms with van der Waals surface area (Å²) in [5.74, 6) is 2.18. The van der Waals surface area contributed by atoms with Gasteiger partial charge in [-0.3, -0.25) is 14.7 Å². The van der Waals surface area contributed by atoms with Gasteiger partial charge in [0.25, 0.3) is 0 Å². The summed E-state index contributed by atoms with van der Waals surface area (Å²) >= 11 is 3.54. The molecule has 172 valence electrons. The largest absolute Gasteiger partial charge is 0.478 e. The Labute approximate surface area is 205 Å². The summed E-state index contributed by atoms with van der Waals surface area (Å²) in [5, 5.41) is 0. The Bertz CT molecular complexity index is 1340. The Morgan fingerprint density at radius 2 is 2.12 bits per heavy atom. The average Bonchev–Trinajstić information content (AvgIpc) is 3.17. The number of aryl methyl sites for hydroxylation is 1. The third kappa shape index (κ3) is 3.77. The second-order valence-electron chi connectivity index (χ2n) is 8.53. The number of ether oxygens (including phenoxy) is 4. The fourth-order valence-corrected chi connectivity index (χ4v) is 5.11. The van der Waals surface area contributed by atoms with Gasteiger partial charge in [-0.15, -0.1) is 0 Å².